The first-order valence-electron chi connectivity index (χ1n) is 9.62. The summed E-state index contributed by atoms with van der Waals surface area (Å²) in [6.45, 7) is 3.76. The molecule has 0 saturated carbocycles. The Morgan fingerprint density at radius 3 is 2.36 bits per heavy atom. The van der Waals surface area contributed by atoms with E-state index in [1.165, 1.54) is 6.07 Å². The summed E-state index contributed by atoms with van der Waals surface area (Å²) in [6.07, 6.45) is 1.64. The number of aliphatic hydroxyl groups excluding tert-OH is 1. The molecule has 5 rings (SSSR count). The van der Waals surface area contributed by atoms with Crippen molar-refractivity contribution in [3.63, 3.8) is 0 Å². The smallest absolute Gasteiger partial charge is 0.173 e. The number of benzene rings is 2. The number of carbonyl (C=O) groups is 1. The van der Waals surface area contributed by atoms with E-state index >= 15 is 0 Å². The third-order valence-corrected chi connectivity index (χ3v) is 6.21. The van der Waals surface area contributed by atoms with Gasteiger partial charge in [0.25, 0.3) is 0 Å². The van der Waals surface area contributed by atoms with Crippen molar-refractivity contribution in [2.75, 3.05) is 0 Å². The van der Waals surface area contributed by atoms with Gasteiger partial charge in [0.2, 0.25) is 0 Å². The Morgan fingerprint density at radius 1 is 1.07 bits per heavy atom. The van der Waals surface area contributed by atoms with Gasteiger partial charge in [-0.1, -0.05) is 12.1 Å². The monoisotopic (exact) mass is 380 g/mol. The number of aryl methyl sites for hydroxylation is 2. The summed E-state index contributed by atoms with van der Waals surface area (Å²) in [5, 5.41) is 10.9. The quantitative estimate of drug-likeness (QED) is 0.825. The number of Topliss-reactive ketones (excluding diaryl/α,β-unsaturated/α-hetero) is 1. The fourth-order valence-electron chi connectivity index (χ4n) is 5.10. The molecule has 2 bridgehead atoms. The molecule has 0 unspecified atom stereocenters. The number of hydrogen-bond acceptors (Lipinski definition) is 4. The molecule has 2 saturated heterocycles. The van der Waals surface area contributed by atoms with E-state index in [0.717, 1.165) is 29.5 Å². The van der Waals surface area contributed by atoms with Crippen LogP contribution in [0.2, 0.25) is 0 Å². The van der Waals surface area contributed by atoms with Crippen LogP contribution in [0.5, 0.6) is 11.5 Å². The van der Waals surface area contributed by atoms with Crippen LogP contribution in [0.15, 0.2) is 42.2 Å². The number of hydrogen-bond donors (Lipinski definition) is 1. The van der Waals surface area contributed by atoms with Gasteiger partial charge in [-0.05, 0) is 67.6 Å². The Bertz CT molecular complexity index is 1000. The molecule has 4 nitrogen and oxygen atoms in total. The van der Waals surface area contributed by atoms with E-state index in [1.807, 2.05) is 13.8 Å². The number of ketones is 1. The molecule has 5 heteroatoms. The molecule has 0 radical (unpaired) electrons. The predicted octanol–water partition coefficient (Wildman–Crippen LogP) is 4.88. The van der Waals surface area contributed by atoms with Crippen molar-refractivity contribution in [3.8, 4) is 11.5 Å². The molecular weight excluding hydrogens is 359 g/mol. The average molecular weight is 380 g/mol. The summed E-state index contributed by atoms with van der Waals surface area (Å²) >= 11 is 0. The molecule has 28 heavy (non-hydrogen) atoms. The van der Waals surface area contributed by atoms with Crippen LogP contribution in [0.4, 0.5) is 4.39 Å². The maximum atomic E-state index is 13.9. The number of allylic oxidation sites excluding steroid dienone is 1. The second-order valence-electron chi connectivity index (χ2n) is 7.93. The van der Waals surface area contributed by atoms with E-state index in [4.69, 9.17) is 9.47 Å². The molecule has 144 valence electrons. The molecule has 2 heterocycles. The minimum Gasteiger partial charge on any atom is -0.511 e. The lowest BCUT2D eigenvalue weighted by atomic mass is 9.80. The Balaban J connectivity index is 1.53. The van der Waals surface area contributed by atoms with Gasteiger partial charge in [-0.15, -0.1) is 0 Å². The molecule has 2 fully saturated rings. The number of halogens is 1. The largest absolute Gasteiger partial charge is 0.511 e. The van der Waals surface area contributed by atoms with Gasteiger partial charge in [0.1, 0.15) is 11.5 Å². The lowest BCUT2D eigenvalue weighted by Gasteiger charge is -2.19. The van der Waals surface area contributed by atoms with Gasteiger partial charge in [0.15, 0.2) is 17.3 Å². The van der Waals surface area contributed by atoms with Crippen molar-refractivity contribution in [1.82, 2.24) is 0 Å². The number of para-hydroxylation sites is 1. The Morgan fingerprint density at radius 2 is 1.71 bits per heavy atom. The molecule has 1 N–H and O–H groups in total. The maximum absolute atomic E-state index is 13.9. The van der Waals surface area contributed by atoms with Crippen LogP contribution in [-0.4, -0.2) is 23.1 Å². The standard InChI is InChI=1S/C23H21FO4/c1-11-9-13(27-15-6-4-3-5-14(15)24)10-12(2)18(11)21-22(25)19-16-7-8-17(28-16)20(19)23(21)26/h3-6,9-10,16-17,19-20,25H,7-8H2,1-2H3/t16-,17+,19-,20+/m1/s1. The van der Waals surface area contributed by atoms with Gasteiger partial charge >= 0.3 is 0 Å². The summed E-state index contributed by atoms with van der Waals surface area (Å²) in [7, 11) is 0. The van der Waals surface area contributed by atoms with Crippen LogP contribution in [0.25, 0.3) is 5.57 Å². The summed E-state index contributed by atoms with van der Waals surface area (Å²) in [4.78, 5) is 13.1. The van der Waals surface area contributed by atoms with Gasteiger partial charge in [0.05, 0.1) is 29.6 Å². The third-order valence-electron chi connectivity index (χ3n) is 6.21. The minimum absolute atomic E-state index is 0.0244. The van der Waals surface area contributed by atoms with Crippen LogP contribution in [0.1, 0.15) is 29.5 Å². The lowest BCUT2D eigenvalue weighted by molar-refractivity contribution is -0.118. The fraction of sp³-hybridized carbons (Fsp3) is 0.348. The average Bonchev–Trinajstić information content (AvgIpc) is 3.33. The molecular formula is C23H21FO4. The normalized spacial score (nSPS) is 28.2. The van der Waals surface area contributed by atoms with Crippen LogP contribution in [0, 0.1) is 31.5 Å². The summed E-state index contributed by atoms with van der Waals surface area (Å²) < 4.78 is 25.4. The van der Waals surface area contributed by atoms with Crippen LogP contribution < -0.4 is 4.74 Å². The third kappa shape index (κ3) is 2.42. The van der Waals surface area contributed by atoms with Crippen LogP contribution in [-0.2, 0) is 9.53 Å². The minimum atomic E-state index is -0.434. The summed E-state index contributed by atoms with van der Waals surface area (Å²) in [6, 6.07) is 9.79. The van der Waals surface area contributed by atoms with Crippen LogP contribution in [0.3, 0.4) is 0 Å². The zero-order valence-electron chi connectivity index (χ0n) is 15.7. The zero-order valence-corrected chi connectivity index (χ0v) is 15.7. The van der Waals surface area contributed by atoms with E-state index in [1.54, 1.807) is 30.3 Å². The van der Waals surface area contributed by atoms with E-state index < -0.39 is 5.82 Å². The Kier molecular flexibility index (Phi) is 3.85. The Hall–Kier alpha value is -2.66. The number of carbonyl (C=O) groups excluding carboxylic acids is 1. The molecule has 2 aromatic carbocycles. The molecule has 0 amide bonds. The first-order valence-corrected chi connectivity index (χ1v) is 9.62. The fourth-order valence-corrected chi connectivity index (χ4v) is 5.10. The number of ether oxygens (including phenoxy) is 2. The number of fused-ring (bicyclic) bond motifs is 5. The molecule has 1 aliphatic carbocycles. The van der Waals surface area contributed by atoms with Crippen molar-refractivity contribution in [2.45, 2.75) is 38.9 Å². The van der Waals surface area contributed by atoms with Gasteiger partial charge < -0.3 is 14.6 Å². The molecule has 0 spiro atoms. The molecule has 3 aliphatic rings. The van der Waals surface area contributed by atoms with E-state index in [2.05, 4.69) is 0 Å². The highest BCUT2D eigenvalue weighted by molar-refractivity contribution is 6.26. The van der Waals surface area contributed by atoms with Crippen LogP contribution >= 0.6 is 0 Å². The summed E-state index contributed by atoms with van der Waals surface area (Å²) in [5.74, 6) is -0.123. The highest BCUT2D eigenvalue weighted by Gasteiger charge is 2.59. The SMILES string of the molecule is Cc1cc(Oc2ccccc2F)cc(C)c1C1=C(O)[C@H]2[C@@H](C1=O)[C@@H]1CC[C@H]2O1. The van der Waals surface area contributed by atoms with Crippen molar-refractivity contribution in [1.29, 1.82) is 0 Å². The van der Waals surface area contributed by atoms with Gasteiger partial charge in [-0.2, -0.15) is 0 Å². The second-order valence-corrected chi connectivity index (χ2v) is 7.93. The van der Waals surface area contributed by atoms with E-state index in [9.17, 15) is 14.3 Å². The van der Waals surface area contributed by atoms with E-state index in [-0.39, 0.29) is 41.3 Å². The van der Waals surface area contributed by atoms with Gasteiger partial charge in [0, 0.05) is 0 Å². The maximum Gasteiger partial charge on any atom is 0.173 e. The van der Waals surface area contributed by atoms with Crippen molar-refractivity contribution in [2.24, 2.45) is 11.8 Å². The zero-order chi connectivity index (χ0) is 19.6. The topological polar surface area (TPSA) is 55.8 Å². The van der Waals surface area contributed by atoms with Crippen molar-refractivity contribution in [3.05, 3.63) is 64.7 Å². The molecule has 2 aromatic rings. The molecule has 2 aliphatic heterocycles. The first-order chi connectivity index (χ1) is 13.5. The highest BCUT2D eigenvalue weighted by Crippen LogP contribution is 2.54. The number of aliphatic hydroxyl groups is 1. The number of rotatable bonds is 3. The molecule has 4 atom stereocenters. The molecule has 0 aromatic heterocycles. The predicted molar refractivity (Wildman–Crippen MR) is 102 cm³/mol. The van der Waals surface area contributed by atoms with Gasteiger partial charge in [-0.25, -0.2) is 4.39 Å². The highest BCUT2D eigenvalue weighted by atomic mass is 19.1. The van der Waals surface area contributed by atoms with Crippen molar-refractivity contribution >= 4 is 11.4 Å². The Labute approximate surface area is 162 Å². The van der Waals surface area contributed by atoms with Crippen molar-refractivity contribution < 1.29 is 23.8 Å². The lowest BCUT2D eigenvalue weighted by Crippen LogP contribution is -2.29. The van der Waals surface area contributed by atoms with Gasteiger partial charge in [-0.3, -0.25) is 4.79 Å². The summed E-state index contributed by atoms with van der Waals surface area (Å²) in [5.41, 5.74) is 2.80. The second kappa shape index (κ2) is 6.17. The first kappa shape index (κ1) is 17.4. The van der Waals surface area contributed by atoms with E-state index in [0.29, 0.717) is 11.3 Å².